The van der Waals surface area contributed by atoms with E-state index in [4.69, 9.17) is 0 Å². The molecule has 8 heteroatoms. The fourth-order valence-corrected chi connectivity index (χ4v) is 2.26. The Morgan fingerprint density at radius 2 is 1.95 bits per heavy atom. The number of carbonyl (C=O) groups is 1. The molecule has 0 aliphatic carbocycles. The second-order valence-corrected chi connectivity index (χ2v) is 5.49. The highest BCUT2D eigenvalue weighted by Gasteiger charge is 2.17. The molecule has 0 fully saturated rings. The lowest BCUT2D eigenvalue weighted by Gasteiger charge is -2.19. The van der Waals surface area contributed by atoms with Crippen molar-refractivity contribution >= 4 is 22.1 Å². The van der Waals surface area contributed by atoms with Gasteiger partial charge >= 0.3 is 10.5 Å². The second kappa shape index (κ2) is 6.10. The van der Waals surface area contributed by atoms with E-state index in [-0.39, 0.29) is 11.3 Å². The number of nitrogens with zero attached hydrogens (tertiary/aromatic N) is 2. The summed E-state index contributed by atoms with van der Waals surface area (Å²) >= 11 is 0. The van der Waals surface area contributed by atoms with Gasteiger partial charge < -0.3 is 9.08 Å². The molecule has 1 heterocycles. The zero-order chi connectivity index (χ0) is 16.3. The molecule has 0 N–H and O–H groups in total. The molecular formula is C14H13FN2O4S. The summed E-state index contributed by atoms with van der Waals surface area (Å²) in [6.45, 7) is 1.85. The third kappa shape index (κ3) is 3.79. The van der Waals surface area contributed by atoms with Crippen molar-refractivity contribution in [1.29, 1.82) is 0 Å². The van der Waals surface area contributed by atoms with Crippen LogP contribution in [-0.4, -0.2) is 26.4 Å². The number of pyridine rings is 1. The normalized spacial score (nSPS) is 11.0. The van der Waals surface area contributed by atoms with E-state index in [1.54, 1.807) is 19.2 Å². The molecule has 0 bridgehead atoms. The summed E-state index contributed by atoms with van der Waals surface area (Å²) in [5.74, 6) is -0.796. The van der Waals surface area contributed by atoms with E-state index in [1.807, 2.05) is 19.1 Å². The lowest BCUT2D eigenvalue weighted by atomic mass is 10.1. The van der Waals surface area contributed by atoms with Gasteiger partial charge in [-0.2, -0.15) is 8.42 Å². The molecule has 2 aromatic rings. The number of halogens is 1. The van der Waals surface area contributed by atoms with E-state index in [9.17, 15) is 17.1 Å². The Bertz CT molecular complexity index is 808. The smallest absolute Gasteiger partial charge is 0.357 e. The molecule has 0 unspecified atom stereocenters. The van der Waals surface area contributed by atoms with Crippen LogP contribution in [0.15, 0.2) is 42.7 Å². The number of benzene rings is 1. The maximum atomic E-state index is 12.5. The average Bonchev–Trinajstić information content (AvgIpc) is 2.45. The van der Waals surface area contributed by atoms with Gasteiger partial charge in [0.15, 0.2) is 5.75 Å². The first kappa shape index (κ1) is 15.9. The lowest BCUT2D eigenvalue weighted by Crippen LogP contribution is -2.27. The number of para-hydroxylation sites is 1. The Balaban J connectivity index is 2.30. The first-order chi connectivity index (χ1) is 10.3. The minimum absolute atomic E-state index is 0.0758. The molecule has 0 aliphatic heterocycles. The van der Waals surface area contributed by atoms with Crippen LogP contribution in [0.1, 0.15) is 15.9 Å². The van der Waals surface area contributed by atoms with Crippen LogP contribution in [0.4, 0.5) is 9.57 Å². The molecule has 6 nitrogen and oxygen atoms in total. The van der Waals surface area contributed by atoms with Gasteiger partial charge in [0.25, 0.3) is 5.91 Å². The summed E-state index contributed by atoms with van der Waals surface area (Å²) < 4.78 is 37.5. The van der Waals surface area contributed by atoms with Crippen molar-refractivity contribution in [2.45, 2.75) is 6.92 Å². The van der Waals surface area contributed by atoms with Crippen molar-refractivity contribution in [2.24, 2.45) is 0 Å². The van der Waals surface area contributed by atoms with Crippen LogP contribution in [0.5, 0.6) is 5.75 Å². The zero-order valence-electron chi connectivity index (χ0n) is 11.9. The van der Waals surface area contributed by atoms with Crippen molar-refractivity contribution in [3.63, 3.8) is 0 Å². The van der Waals surface area contributed by atoms with Gasteiger partial charge in [0.2, 0.25) is 0 Å². The maximum Gasteiger partial charge on any atom is 0.488 e. The van der Waals surface area contributed by atoms with E-state index in [2.05, 4.69) is 9.17 Å². The molecule has 1 aromatic heterocycles. The maximum absolute atomic E-state index is 12.5. The van der Waals surface area contributed by atoms with E-state index >= 15 is 0 Å². The fourth-order valence-electron chi connectivity index (χ4n) is 1.94. The van der Waals surface area contributed by atoms with Gasteiger partial charge in [-0.1, -0.05) is 22.1 Å². The van der Waals surface area contributed by atoms with Gasteiger partial charge in [-0.15, -0.1) is 0 Å². The standard InChI is InChI=1S/C14H13FN2O4S/c1-10-5-3-4-6-13(10)17(2)14(18)11-7-12(9-16-8-11)21-22(15,19)20/h3-9H,1-2H3. The average molecular weight is 324 g/mol. The summed E-state index contributed by atoms with van der Waals surface area (Å²) in [6, 6.07) is 8.37. The number of anilines is 1. The first-order valence-electron chi connectivity index (χ1n) is 6.21. The molecule has 116 valence electrons. The van der Waals surface area contributed by atoms with Crippen molar-refractivity contribution in [1.82, 2.24) is 4.98 Å². The number of carbonyl (C=O) groups excluding carboxylic acids is 1. The van der Waals surface area contributed by atoms with E-state index in [0.717, 1.165) is 17.8 Å². The van der Waals surface area contributed by atoms with Gasteiger partial charge in [-0.05, 0) is 24.6 Å². The monoisotopic (exact) mass is 324 g/mol. The summed E-state index contributed by atoms with van der Waals surface area (Å²) in [7, 11) is -3.59. The molecule has 0 saturated carbocycles. The van der Waals surface area contributed by atoms with E-state index in [1.165, 1.54) is 11.1 Å². The Morgan fingerprint density at radius 1 is 1.27 bits per heavy atom. The quantitative estimate of drug-likeness (QED) is 0.806. The van der Waals surface area contributed by atoms with Crippen LogP contribution >= 0.6 is 0 Å². The highest BCUT2D eigenvalue weighted by molar-refractivity contribution is 7.81. The first-order valence-corrected chi connectivity index (χ1v) is 7.51. The summed E-state index contributed by atoms with van der Waals surface area (Å²) in [5.41, 5.74) is 1.66. The highest BCUT2D eigenvalue weighted by Crippen LogP contribution is 2.21. The minimum Gasteiger partial charge on any atom is -0.357 e. The third-order valence-electron chi connectivity index (χ3n) is 2.94. The molecule has 0 atom stereocenters. The number of hydrogen-bond donors (Lipinski definition) is 0. The largest absolute Gasteiger partial charge is 0.488 e. The number of aromatic nitrogens is 1. The summed E-state index contributed by atoms with van der Waals surface area (Å²) in [4.78, 5) is 17.5. The molecule has 0 radical (unpaired) electrons. The third-order valence-corrected chi connectivity index (χ3v) is 3.33. The van der Waals surface area contributed by atoms with Crippen molar-refractivity contribution in [3.8, 4) is 5.75 Å². The van der Waals surface area contributed by atoms with Gasteiger partial charge in [0, 0.05) is 18.9 Å². The van der Waals surface area contributed by atoms with Gasteiger partial charge in [0.05, 0.1) is 11.8 Å². The summed E-state index contributed by atoms with van der Waals surface area (Å²) in [6.07, 6.45) is 2.25. The summed E-state index contributed by atoms with van der Waals surface area (Å²) in [5, 5.41) is 0. The Labute approximate surface area is 127 Å². The van der Waals surface area contributed by atoms with E-state index < -0.39 is 16.4 Å². The van der Waals surface area contributed by atoms with Crippen molar-refractivity contribution in [3.05, 3.63) is 53.9 Å². The minimum atomic E-state index is -5.16. The Kier molecular flexibility index (Phi) is 4.41. The van der Waals surface area contributed by atoms with Crippen molar-refractivity contribution < 1.29 is 21.3 Å². The Hall–Kier alpha value is -2.48. The SMILES string of the molecule is Cc1ccccc1N(C)C(=O)c1cncc(OS(=O)(=O)F)c1. The molecule has 0 spiro atoms. The highest BCUT2D eigenvalue weighted by atomic mass is 32.3. The van der Waals surface area contributed by atoms with Crippen LogP contribution < -0.4 is 9.08 Å². The van der Waals surface area contributed by atoms with Crippen LogP contribution in [0.25, 0.3) is 0 Å². The predicted octanol–water partition coefficient (Wildman–Crippen LogP) is 2.26. The van der Waals surface area contributed by atoms with Crippen LogP contribution in [0, 0.1) is 6.92 Å². The topological polar surface area (TPSA) is 76.6 Å². The number of rotatable bonds is 4. The van der Waals surface area contributed by atoms with Crippen molar-refractivity contribution in [2.75, 3.05) is 11.9 Å². The molecule has 1 amide bonds. The molecule has 2 rings (SSSR count). The zero-order valence-corrected chi connectivity index (χ0v) is 12.7. The number of aryl methyl sites for hydroxylation is 1. The predicted molar refractivity (Wildman–Crippen MR) is 78.8 cm³/mol. The number of hydrogen-bond acceptors (Lipinski definition) is 5. The van der Waals surface area contributed by atoms with Gasteiger partial charge in [0.1, 0.15) is 0 Å². The fraction of sp³-hybridized carbons (Fsp3) is 0.143. The molecule has 0 aliphatic rings. The molecule has 22 heavy (non-hydrogen) atoms. The van der Waals surface area contributed by atoms with Gasteiger partial charge in [-0.25, -0.2) is 0 Å². The van der Waals surface area contributed by atoms with Crippen LogP contribution in [0.2, 0.25) is 0 Å². The van der Waals surface area contributed by atoms with E-state index in [0.29, 0.717) is 5.69 Å². The Morgan fingerprint density at radius 3 is 2.59 bits per heavy atom. The molecule has 0 saturated heterocycles. The van der Waals surface area contributed by atoms with Gasteiger partial charge in [-0.3, -0.25) is 9.78 Å². The molecule has 1 aromatic carbocycles. The lowest BCUT2D eigenvalue weighted by molar-refractivity contribution is 0.0992. The van der Waals surface area contributed by atoms with Crippen LogP contribution in [0.3, 0.4) is 0 Å². The molecular weight excluding hydrogens is 311 g/mol. The number of amides is 1. The van der Waals surface area contributed by atoms with Crippen LogP contribution in [-0.2, 0) is 10.5 Å². The second-order valence-electron chi connectivity index (χ2n) is 4.54.